The van der Waals surface area contributed by atoms with E-state index in [0.29, 0.717) is 11.4 Å². The van der Waals surface area contributed by atoms with E-state index in [1.54, 1.807) is 6.07 Å². The van der Waals surface area contributed by atoms with Crippen LogP contribution in [0.4, 0.5) is 11.4 Å². The summed E-state index contributed by atoms with van der Waals surface area (Å²) in [5, 5.41) is 4.68. The van der Waals surface area contributed by atoms with Crippen LogP contribution in [0.3, 0.4) is 0 Å². The summed E-state index contributed by atoms with van der Waals surface area (Å²) >= 11 is 6.25. The maximum atomic E-state index is 13.0. The van der Waals surface area contributed by atoms with Crippen LogP contribution in [-0.4, -0.2) is 11.8 Å². The lowest BCUT2D eigenvalue weighted by Gasteiger charge is -2.17. The molecule has 3 aromatic carbocycles. The van der Waals surface area contributed by atoms with Crippen LogP contribution in [0.25, 0.3) is 10.8 Å². The molecule has 0 aromatic heterocycles. The maximum absolute atomic E-state index is 13.0. The average molecular weight is 377 g/mol. The zero-order valence-corrected chi connectivity index (χ0v) is 15.7. The number of hydrogen-bond donors (Lipinski definition) is 1. The number of nitrogens with zero attached hydrogens (tertiary/aromatic N) is 1. The third-order valence-electron chi connectivity index (χ3n) is 4.81. The Morgan fingerprint density at radius 3 is 2.37 bits per heavy atom. The first kappa shape index (κ1) is 17.3. The summed E-state index contributed by atoms with van der Waals surface area (Å²) in [5.74, 6) is -0.982. The van der Waals surface area contributed by atoms with Gasteiger partial charge < -0.3 is 5.32 Å². The molecule has 0 saturated carbocycles. The summed E-state index contributed by atoms with van der Waals surface area (Å²) in [5.41, 5.74) is 3.56. The topological polar surface area (TPSA) is 49.4 Å². The minimum Gasteiger partial charge on any atom is -0.350 e. The molecular weight excluding hydrogens is 360 g/mol. The fraction of sp³-hybridized carbons (Fsp3) is 0.0909. The van der Waals surface area contributed by atoms with Gasteiger partial charge in [-0.15, -0.1) is 0 Å². The highest BCUT2D eigenvalue weighted by Crippen LogP contribution is 2.34. The second-order valence-corrected chi connectivity index (χ2v) is 6.93. The van der Waals surface area contributed by atoms with Crippen LogP contribution in [0, 0.1) is 13.8 Å². The number of aryl methyl sites for hydroxylation is 2. The van der Waals surface area contributed by atoms with Gasteiger partial charge in [-0.1, -0.05) is 54.1 Å². The van der Waals surface area contributed by atoms with Crippen molar-refractivity contribution in [2.75, 3.05) is 10.2 Å². The molecule has 3 aromatic rings. The Morgan fingerprint density at radius 1 is 0.852 bits per heavy atom. The number of nitrogens with one attached hydrogen (secondary N) is 1. The maximum Gasteiger partial charge on any atom is 0.283 e. The average Bonchev–Trinajstić information content (AvgIpc) is 2.88. The van der Waals surface area contributed by atoms with Gasteiger partial charge in [0.05, 0.1) is 5.69 Å². The van der Waals surface area contributed by atoms with E-state index in [4.69, 9.17) is 11.6 Å². The normalized spacial score (nSPS) is 14.4. The van der Waals surface area contributed by atoms with E-state index < -0.39 is 11.8 Å². The van der Waals surface area contributed by atoms with E-state index in [0.717, 1.165) is 26.8 Å². The first-order valence-electron chi connectivity index (χ1n) is 8.58. The molecule has 27 heavy (non-hydrogen) atoms. The quantitative estimate of drug-likeness (QED) is 0.662. The van der Waals surface area contributed by atoms with Gasteiger partial charge in [0.15, 0.2) is 0 Å². The fourth-order valence-corrected chi connectivity index (χ4v) is 3.41. The molecule has 1 aliphatic heterocycles. The van der Waals surface area contributed by atoms with Crippen molar-refractivity contribution in [3.8, 4) is 0 Å². The minimum atomic E-state index is -0.524. The van der Waals surface area contributed by atoms with Crippen molar-refractivity contribution in [3.63, 3.8) is 0 Å². The number of rotatable bonds is 3. The lowest BCUT2D eigenvalue weighted by molar-refractivity contribution is -0.120. The van der Waals surface area contributed by atoms with Crippen LogP contribution in [0.15, 0.2) is 71.4 Å². The van der Waals surface area contributed by atoms with Crippen LogP contribution in [0.5, 0.6) is 0 Å². The van der Waals surface area contributed by atoms with Gasteiger partial charge in [0.1, 0.15) is 10.7 Å². The molecule has 5 heteroatoms. The summed E-state index contributed by atoms with van der Waals surface area (Å²) in [4.78, 5) is 26.9. The largest absolute Gasteiger partial charge is 0.350 e. The monoisotopic (exact) mass is 376 g/mol. The third kappa shape index (κ3) is 2.88. The molecule has 2 amide bonds. The number of carbonyl (C=O) groups is 2. The standard InChI is InChI=1S/C22H17ClN2O2/c1-13-10-11-16(12-14(13)2)24-20-19(23)21(26)25(22(20)27)18-9-5-7-15-6-3-4-8-17(15)18/h3-12,24H,1-2H3. The van der Waals surface area contributed by atoms with Crippen LogP contribution in [0.2, 0.25) is 0 Å². The second-order valence-electron chi connectivity index (χ2n) is 6.56. The van der Waals surface area contributed by atoms with Crippen LogP contribution in [-0.2, 0) is 9.59 Å². The Morgan fingerprint density at radius 2 is 1.59 bits per heavy atom. The van der Waals surface area contributed by atoms with Gasteiger partial charge in [-0.05, 0) is 48.6 Å². The highest BCUT2D eigenvalue weighted by molar-refractivity contribution is 6.53. The van der Waals surface area contributed by atoms with Gasteiger partial charge in [0.2, 0.25) is 0 Å². The number of carbonyl (C=O) groups excluding carboxylic acids is 2. The summed E-state index contributed by atoms with van der Waals surface area (Å²) < 4.78 is 0. The van der Waals surface area contributed by atoms with Crippen molar-refractivity contribution in [1.82, 2.24) is 0 Å². The van der Waals surface area contributed by atoms with E-state index >= 15 is 0 Å². The molecule has 0 aliphatic carbocycles. The molecule has 4 nitrogen and oxygen atoms in total. The lowest BCUT2D eigenvalue weighted by Crippen LogP contribution is -2.32. The SMILES string of the molecule is Cc1ccc(NC2=C(Cl)C(=O)N(c3cccc4ccccc34)C2=O)cc1C. The van der Waals surface area contributed by atoms with Gasteiger partial charge in [-0.3, -0.25) is 9.59 Å². The van der Waals surface area contributed by atoms with Gasteiger partial charge in [-0.25, -0.2) is 4.90 Å². The van der Waals surface area contributed by atoms with Gasteiger partial charge in [-0.2, -0.15) is 0 Å². The first-order valence-corrected chi connectivity index (χ1v) is 8.96. The Labute approximate surface area is 162 Å². The summed E-state index contributed by atoms with van der Waals surface area (Å²) in [6, 6.07) is 18.9. The second kappa shape index (κ2) is 6.56. The molecule has 134 valence electrons. The molecule has 0 atom stereocenters. The van der Waals surface area contributed by atoms with Crippen LogP contribution in [0.1, 0.15) is 11.1 Å². The van der Waals surface area contributed by atoms with E-state index in [9.17, 15) is 9.59 Å². The third-order valence-corrected chi connectivity index (χ3v) is 5.16. The number of fused-ring (bicyclic) bond motifs is 1. The van der Waals surface area contributed by atoms with Gasteiger partial charge in [0.25, 0.3) is 11.8 Å². The van der Waals surface area contributed by atoms with Gasteiger partial charge in [0, 0.05) is 11.1 Å². The number of anilines is 2. The lowest BCUT2D eigenvalue weighted by atomic mass is 10.1. The van der Waals surface area contributed by atoms with Crippen molar-refractivity contribution < 1.29 is 9.59 Å². The number of halogens is 1. The van der Waals surface area contributed by atoms with Crippen molar-refractivity contribution in [3.05, 3.63) is 82.5 Å². The first-order chi connectivity index (χ1) is 13.0. The van der Waals surface area contributed by atoms with E-state index in [1.807, 2.05) is 68.4 Å². The summed E-state index contributed by atoms with van der Waals surface area (Å²) in [7, 11) is 0. The molecule has 4 rings (SSSR count). The van der Waals surface area contributed by atoms with Crippen LogP contribution < -0.4 is 10.2 Å². The van der Waals surface area contributed by atoms with Crippen molar-refractivity contribution in [2.24, 2.45) is 0 Å². The number of imide groups is 1. The molecule has 1 N–H and O–H groups in total. The Hall–Kier alpha value is -3.11. The van der Waals surface area contributed by atoms with Crippen molar-refractivity contribution in [2.45, 2.75) is 13.8 Å². The molecule has 1 aliphatic rings. The predicted octanol–water partition coefficient (Wildman–Crippen LogP) is 4.89. The number of benzene rings is 3. The predicted molar refractivity (Wildman–Crippen MR) is 109 cm³/mol. The molecule has 1 heterocycles. The molecule has 0 radical (unpaired) electrons. The molecule has 0 bridgehead atoms. The Balaban J connectivity index is 1.73. The Bertz CT molecular complexity index is 1130. The van der Waals surface area contributed by atoms with E-state index in [2.05, 4.69) is 5.32 Å². The van der Waals surface area contributed by atoms with Crippen molar-refractivity contribution in [1.29, 1.82) is 0 Å². The van der Waals surface area contributed by atoms with E-state index in [-0.39, 0.29) is 10.7 Å². The summed E-state index contributed by atoms with van der Waals surface area (Å²) in [6.07, 6.45) is 0. The molecule has 0 unspecified atom stereocenters. The number of amides is 2. The minimum absolute atomic E-state index is 0.0952. The highest BCUT2D eigenvalue weighted by Gasteiger charge is 2.39. The fourth-order valence-electron chi connectivity index (χ4n) is 3.20. The van der Waals surface area contributed by atoms with Crippen molar-refractivity contribution >= 4 is 45.6 Å². The Kier molecular flexibility index (Phi) is 4.21. The zero-order valence-electron chi connectivity index (χ0n) is 14.9. The molecule has 0 fully saturated rings. The smallest absolute Gasteiger partial charge is 0.283 e. The molecule has 0 saturated heterocycles. The highest BCUT2D eigenvalue weighted by atomic mass is 35.5. The van der Waals surface area contributed by atoms with Crippen LogP contribution >= 0.6 is 11.6 Å². The molecular formula is C22H17ClN2O2. The molecule has 0 spiro atoms. The summed E-state index contributed by atoms with van der Waals surface area (Å²) in [6.45, 7) is 4.00. The van der Waals surface area contributed by atoms with E-state index in [1.165, 1.54) is 0 Å². The van der Waals surface area contributed by atoms with Gasteiger partial charge >= 0.3 is 0 Å². The zero-order chi connectivity index (χ0) is 19.1. The number of hydrogen-bond acceptors (Lipinski definition) is 3.